The number of hydrogen-bond acceptors (Lipinski definition) is 3. The first-order valence-corrected chi connectivity index (χ1v) is 10.4. The molecule has 5 nitrogen and oxygen atoms in total. The molecule has 3 rings (SSSR count). The summed E-state index contributed by atoms with van der Waals surface area (Å²) in [5, 5.41) is 0.495. The lowest BCUT2D eigenvalue weighted by Crippen LogP contribution is -2.46. The largest absolute Gasteiger partial charge is 0.342 e. The van der Waals surface area contributed by atoms with Gasteiger partial charge in [0.25, 0.3) is 0 Å². The maximum absolute atomic E-state index is 12.4. The molecule has 0 aliphatic carbocycles. The van der Waals surface area contributed by atoms with Crippen LogP contribution >= 0.6 is 11.6 Å². The van der Waals surface area contributed by atoms with Crippen molar-refractivity contribution >= 4 is 27.5 Å². The number of halogens is 1. The van der Waals surface area contributed by atoms with Crippen LogP contribution in [0.4, 0.5) is 0 Å². The van der Waals surface area contributed by atoms with Crippen LogP contribution in [0.1, 0.15) is 18.4 Å². The first-order valence-electron chi connectivity index (χ1n) is 8.54. The Labute approximate surface area is 159 Å². The maximum atomic E-state index is 12.4. The summed E-state index contributed by atoms with van der Waals surface area (Å²) >= 11 is 5.80. The van der Waals surface area contributed by atoms with E-state index < -0.39 is 10.0 Å². The third kappa shape index (κ3) is 4.84. The minimum absolute atomic E-state index is 0.0789. The Morgan fingerprint density at radius 3 is 2.27 bits per heavy atom. The van der Waals surface area contributed by atoms with Gasteiger partial charge in [-0.1, -0.05) is 41.9 Å². The number of piperidine rings is 1. The molecule has 0 aromatic heterocycles. The summed E-state index contributed by atoms with van der Waals surface area (Å²) in [4.78, 5) is 14.4. The average molecular weight is 393 g/mol. The number of nitrogens with one attached hydrogen (secondary N) is 1. The first kappa shape index (κ1) is 18.9. The molecule has 2 aromatic carbocycles. The molecule has 1 saturated heterocycles. The van der Waals surface area contributed by atoms with Gasteiger partial charge in [0.15, 0.2) is 0 Å². The van der Waals surface area contributed by atoms with Crippen LogP contribution in [-0.2, 0) is 21.2 Å². The summed E-state index contributed by atoms with van der Waals surface area (Å²) in [6, 6.07) is 15.5. The molecule has 0 unspecified atom stereocenters. The van der Waals surface area contributed by atoms with Crippen molar-refractivity contribution in [2.24, 2.45) is 0 Å². The van der Waals surface area contributed by atoms with Crippen molar-refractivity contribution < 1.29 is 13.2 Å². The Morgan fingerprint density at radius 2 is 1.65 bits per heavy atom. The Morgan fingerprint density at radius 1 is 1.04 bits per heavy atom. The molecular weight excluding hydrogens is 372 g/mol. The second-order valence-electron chi connectivity index (χ2n) is 6.39. The highest BCUT2D eigenvalue weighted by Crippen LogP contribution is 2.18. The van der Waals surface area contributed by atoms with Crippen LogP contribution in [0.2, 0.25) is 5.02 Å². The summed E-state index contributed by atoms with van der Waals surface area (Å²) < 4.78 is 27.6. The molecule has 2 aromatic rings. The van der Waals surface area contributed by atoms with E-state index in [2.05, 4.69) is 4.72 Å². The third-order valence-electron chi connectivity index (χ3n) is 4.49. The number of amides is 1. The number of carbonyl (C=O) groups excluding carboxylic acids is 1. The summed E-state index contributed by atoms with van der Waals surface area (Å²) in [5.74, 6) is 0.0789. The van der Waals surface area contributed by atoms with E-state index in [9.17, 15) is 13.2 Å². The van der Waals surface area contributed by atoms with Crippen LogP contribution in [0.15, 0.2) is 59.5 Å². The lowest BCUT2D eigenvalue weighted by molar-refractivity contribution is -0.131. The second-order valence-corrected chi connectivity index (χ2v) is 8.54. The van der Waals surface area contributed by atoms with Gasteiger partial charge in [-0.25, -0.2) is 13.1 Å². The SMILES string of the molecule is O=C(Cc1ccccc1)N1CCC(NS(=O)(=O)c2ccc(Cl)cc2)CC1. The summed E-state index contributed by atoms with van der Waals surface area (Å²) in [7, 11) is -3.58. The molecule has 7 heteroatoms. The van der Waals surface area contributed by atoms with Crippen LogP contribution < -0.4 is 4.72 Å². The molecule has 0 radical (unpaired) electrons. The molecular formula is C19H21ClN2O3S. The van der Waals surface area contributed by atoms with Crippen molar-refractivity contribution in [2.45, 2.75) is 30.2 Å². The predicted molar refractivity (Wildman–Crippen MR) is 102 cm³/mol. The van der Waals surface area contributed by atoms with E-state index in [0.717, 1.165) is 5.56 Å². The van der Waals surface area contributed by atoms with Gasteiger partial charge in [-0.05, 0) is 42.7 Å². The van der Waals surface area contributed by atoms with E-state index >= 15 is 0 Å². The van der Waals surface area contributed by atoms with Gasteiger partial charge in [0.1, 0.15) is 0 Å². The number of benzene rings is 2. The van der Waals surface area contributed by atoms with Crippen molar-refractivity contribution in [3.05, 3.63) is 65.2 Å². The van der Waals surface area contributed by atoms with E-state index in [1.165, 1.54) is 12.1 Å². The smallest absolute Gasteiger partial charge is 0.240 e. The molecule has 0 saturated carbocycles. The first-order chi connectivity index (χ1) is 12.4. The van der Waals surface area contributed by atoms with Gasteiger partial charge < -0.3 is 4.90 Å². The molecule has 1 aliphatic heterocycles. The highest BCUT2D eigenvalue weighted by molar-refractivity contribution is 7.89. The van der Waals surface area contributed by atoms with E-state index in [0.29, 0.717) is 37.4 Å². The molecule has 26 heavy (non-hydrogen) atoms. The van der Waals surface area contributed by atoms with Crippen LogP contribution in [0, 0.1) is 0 Å². The Kier molecular flexibility index (Phi) is 5.96. The summed E-state index contributed by atoms with van der Waals surface area (Å²) in [6.45, 7) is 1.11. The Balaban J connectivity index is 1.53. The molecule has 1 N–H and O–H groups in total. The molecule has 0 spiro atoms. The van der Waals surface area contributed by atoms with Gasteiger partial charge in [0.05, 0.1) is 11.3 Å². The summed E-state index contributed by atoms with van der Waals surface area (Å²) in [5.41, 5.74) is 0.989. The fourth-order valence-electron chi connectivity index (χ4n) is 3.03. The minimum atomic E-state index is -3.58. The quantitative estimate of drug-likeness (QED) is 0.850. The van der Waals surface area contributed by atoms with Gasteiger partial charge in [0, 0.05) is 24.2 Å². The zero-order valence-electron chi connectivity index (χ0n) is 14.3. The average Bonchev–Trinajstić information content (AvgIpc) is 2.63. The molecule has 1 fully saturated rings. The molecule has 1 heterocycles. The van der Waals surface area contributed by atoms with E-state index in [1.807, 2.05) is 30.3 Å². The highest BCUT2D eigenvalue weighted by Gasteiger charge is 2.26. The Hall–Kier alpha value is -1.89. The second kappa shape index (κ2) is 8.20. The molecule has 138 valence electrons. The van der Waals surface area contributed by atoms with Gasteiger partial charge in [-0.2, -0.15) is 0 Å². The standard InChI is InChI=1S/C19H21ClN2O3S/c20-16-6-8-18(9-7-16)26(24,25)21-17-10-12-22(13-11-17)19(23)14-15-4-2-1-3-5-15/h1-9,17,21H,10-14H2. The molecule has 1 amide bonds. The Bertz CT molecular complexity index is 846. The van der Waals surface area contributed by atoms with E-state index in [1.54, 1.807) is 17.0 Å². The number of likely N-dealkylation sites (tertiary alicyclic amines) is 1. The lowest BCUT2D eigenvalue weighted by atomic mass is 10.0. The van der Waals surface area contributed by atoms with Crippen LogP contribution in [0.25, 0.3) is 0 Å². The van der Waals surface area contributed by atoms with Gasteiger partial charge >= 0.3 is 0 Å². The van der Waals surface area contributed by atoms with Crippen molar-refractivity contribution in [1.82, 2.24) is 9.62 Å². The van der Waals surface area contributed by atoms with Crippen molar-refractivity contribution in [1.29, 1.82) is 0 Å². The minimum Gasteiger partial charge on any atom is -0.342 e. The number of hydrogen-bond donors (Lipinski definition) is 1. The number of rotatable bonds is 5. The number of carbonyl (C=O) groups is 1. The van der Waals surface area contributed by atoms with E-state index in [4.69, 9.17) is 11.6 Å². The van der Waals surface area contributed by atoms with Crippen molar-refractivity contribution in [3.63, 3.8) is 0 Å². The summed E-state index contributed by atoms with van der Waals surface area (Å²) in [6.07, 6.45) is 1.59. The highest BCUT2D eigenvalue weighted by atomic mass is 35.5. The van der Waals surface area contributed by atoms with Crippen LogP contribution in [-0.4, -0.2) is 38.4 Å². The monoisotopic (exact) mass is 392 g/mol. The molecule has 0 bridgehead atoms. The molecule has 1 aliphatic rings. The topological polar surface area (TPSA) is 66.5 Å². The third-order valence-corrected chi connectivity index (χ3v) is 6.28. The fraction of sp³-hybridized carbons (Fsp3) is 0.316. The maximum Gasteiger partial charge on any atom is 0.240 e. The fourth-order valence-corrected chi connectivity index (χ4v) is 4.46. The van der Waals surface area contributed by atoms with Gasteiger partial charge in [-0.15, -0.1) is 0 Å². The van der Waals surface area contributed by atoms with Crippen molar-refractivity contribution in [2.75, 3.05) is 13.1 Å². The zero-order chi connectivity index (χ0) is 18.6. The van der Waals surface area contributed by atoms with Gasteiger partial charge in [0.2, 0.25) is 15.9 Å². The van der Waals surface area contributed by atoms with Crippen LogP contribution in [0.5, 0.6) is 0 Å². The number of sulfonamides is 1. The predicted octanol–water partition coefficient (Wildman–Crippen LogP) is 2.85. The molecule has 0 atom stereocenters. The normalized spacial score (nSPS) is 15.8. The number of nitrogens with zero attached hydrogens (tertiary/aromatic N) is 1. The van der Waals surface area contributed by atoms with E-state index in [-0.39, 0.29) is 16.8 Å². The lowest BCUT2D eigenvalue weighted by Gasteiger charge is -2.32. The van der Waals surface area contributed by atoms with Gasteiger partial charge in [-0.3, -0.25) is 4.79 Å². The zero-order valence-corrected chi connectivity index (χ0v) is 15.8. The van der Waals surface area contributed by atoms with Crippen molar-refractivity contribution in [3.8, 4) is 0 Å². The van der Waals surface area contributed by atoms with Crippen LogP contribution in [0.3, 0.4) is 0 Å².